The zero-order valence-electron chi connectivity index (χ0n) is 11.5. The van der Waals surface area contributed by atoms with Gasteiger partial charge in [0.15, 0.2) is 0 Å². The second-order valence-corrected chi connectivity index (χ2v) is 5.55. The van der Waals surface area contributed by atoms with Crippen LogP contribution in [0.5, 0.6) is 0 Å². The first-order chi connectivity index (χ1) is 7.72. The lowest BCUT2D eigenvalue weighted by molar-refractivity contribution is 0.172. The molecule has 1 fully saturated rings. The van der Waals surface area contributed by atoms with E-state index in [0.29, 0.717) is 5.41 Å². The van der Waals surface area contributed by atoms with Crippen molar-refractivity contribution in [3.8, 4) is 0 Å². The van der Waals surface area contributed by atoms with Crippen LogP contribution < -0.4 is 5.32 Å². The standard InChI is InChI=1S/C14H30N2/c1-4-10-15-11-12-16(3)13-14(5-2)8-6-7-9-14/h15H,4-13H2,1-3H3. The lowest BCUT2D eigenvalue weighted by Crippen LogP contribution is -2.37. The largest absolute Gasteiger partial charge is 0.315 e. The van der Waals surface area contributed by atoms with Gasteiger partial charge in [-0.3, -0.25) is 0 Å². The topological polar surface area (TPSA) is 15.3 Å². The molecule has 2 heteroatoms. The first-order valence-corrected chi connectivity index (χ1v) is 7.12. The van der Waals surface area contributed by atoms with Gasteiger partial charge in [-0.2, -0.15) is 0 Å². The van der Waals surface area contributed by atoms with Gasteiger partial charge in [-0.15, -0.1) is 0 Å². The third-order valence-corrected chi connectivity index (χ3v) is 4.12. The lowest BCUT2D eigenvalue weighted by Gasteiger charge is -2.32. The molecule has 0 aromatic carbocycles. The smallest absolute Gasteiger partial charge is 0.0104 e. The minimum absolute atomic E-state index is 0.652. The molecule has 0 unspecified atom stereocenters. The van der Waals surface area contributed by atoms with Crippen molar-refractivity contribution < 1.29 is 0 Å². The van der Waals surface area contributed by atoms with Gasteiger partial charge < -0.3 is 10.2 Å². The summed E-state index contributed by atoms with van der Waals surface area (Å²) < 4.78 is 0. The number of nitrogens with zero attached hydrogens (tertiary/aromatic N) is 1. The lowest BCUT2D eigenvalue weighted by atomic mass is 9.83. The molecule has 2 nitrogen and oxygen atoms in total. The Morgan fingerprint density at radius 3 is 2.38 bits per heavy atom. The summed E-state index contributed by atoms with van der Waals surface area (Å²) in [6.07, 6.45) is 8.42. The molecule has 16 heavy (non-hydrogen) atoms. The van der Waals surface area contributed by atoms with Crippen molar-refractivity contribution in [2.24, 2.45) is 5.41 Å². The first-order valence-electron chi connectivity index (χ1n) is 7.12. The molecule has 96 valence electrons. The molecular weight excluding hydrogens is 196 g/mol. The van der Waals surface area contributed by atoms with Crippen LogP contribution in [-0.2, 0) is 0 Å². The molecule has 0 atom stereocenters. The molecule has 0 spiro atoms. The molecule has 1 saturated carbocycles. The molecule has 1 N–H and O–H groups in total. The summed E-state index contributed by atoms with van der Waals surface area (Å²) in [5.41, 5.74) is 0.652. The molecular formula is C14H30N2. The second kappa shape index (κ2) is 7.29. The Hall–Kier alpha value is -0.0800. The Kier molecular flexibility index (Phi) is 6.37. The van der Waals surface area contributed by atoms with Gasteiger partial charge in [0.1, 0.15) is 0 Å². The van der Waals surface area contributed by atoms with Crippen molar-refractivity contribution in [3.05, 3.63) is 0 Å². The van der Waals surface area contributed by atoms with E-state index >= 15 is 0 Å². The molecule has 0 radical (unpaired) electrons. The normalized spacial score (nSPS) is 19.5. The number of hydrogen-bond donors (Lipinski definition) is 1. The van der Waals surface area contributed by atoms with Gasteiger partial charge in [-0.1, -0.05) is 26.7 Å². The highest BCUT2D eigenvalue weighted by atomic mass is 15.1. The van der Waals surface area contributed by atoms with Crippen LogP contribution >= 0.6 is 0 Å². The summed E-state index contributed by atoms with van der Waals surface area (Å²) in [7, 11) is 2.28. The van der Waals surface area contributed by atoms with Gasteiger partial charge in [-0.05, 0) is 44.7 Å². The van der Waals surface area contributed by atoms with E-state index in [1.807, 2.05) is 0 Å². The SMILES string of the molecule is CCCNCCN(C)CC1(CC)CCCC1. The number of hydrogen-bond acceptors (Lipinski definition) is 2. The average molecular weight is 226 g/mol. The Morgan fingerprint density at radius 1 is 1.12 bits per heavy atom. The molecule has 0 aromatic heterocycles. The molecule has 0 aliphatic heterocycles. The average Bonchev–Trinajstić information content (AvgIpc) is 2.74. The van der Waals surface area contributed by atoms with E-state index in [0.717, 1.165) is 13.1 Å². The van der Waals surface area contributed by atoms with Gasteiger partial charge in [0.2, 0.25) is 0 Å². The molecule has 0 saturated heterocycles. The maximum Gasteiger partial charge on any atom is 0.0104 e. The molecule has 0 heterocycles. The van der Waals surface area contributed by atoms with Crippen LogP contribution in [0.3, 0.4) is 0 Å². The van der Waals surface area contributed by atoms with Crippen molar-refractivity contribution in [2.75, 3.05) is 33.2 Å². The zero-order valence-corrected chi connectivity index (χ0v) is 11.5. The Bertz CT molecular complexity index is 174. The summed E-state index contributed by atoms with van der Waals surface area (Å²) in [6, 6.07) is 0. The second-order valence-electron chi connectivity index (χ2n) is 5.55. The van der Waals surface area contributed by atoms with Crippen LogP contribution in [-0.4, -0.2) is 38.1 Å². The molecule has 0 aromatic rings. The summed E-state index contributed by atoms with van der Waals surface area (Å²) in [5.74, 6) is 0. The maximum absolute atomic E-state index is 3.48. The Morgan fingerprint density at radius 2 is 1.81 bits per heavy atom. The van der Waals surface area contributed by atoms with Crippen LogP contribution in [0, 0.1) is 5.41 Å². The van der Waals surface area contributed by atoms with Crippen LogP contribution in [0.1, 0.15) is 52.4 Å². The van der Waals surface area contributed by atoms with Crippen molar-refractivity contribution in [3.63, 3.8) is 0 Å². The van der Waals surface area contributed by atoms with E-state index in [1.54, 1.807) is 0 Å². The molecule has 1 rings (SSSR count). The highest BCUT2D eigenvalue weighted by Crippen LogP contribution is 2.41. The molecule has 0 amide bonds. The minimum atomic E-state index is 0.652. The van der Waals surface area contributed by atoms with Crippen LogP contribution in [0.2, 0.25) is 0 Å². The van der Waals surface area contributed by atoms with Crippen molar-refractivity contribution in [2.45, 2.75) is 52.4 Å². The fourth-order valence-corrected chi connectivity index (χ4v) is 2.97. The number of rotatable bonds is 8. The summed E-state index contributed by atoms with van der Waals surface area (Å²) in [5, 5.41) is 3.48. The highest BCUT2D eigenvalue weighted by molar-refractivity contribution is 4.85. The number of likely N-dealkylation sites (N-methyl/N-ethyl adjacent to an activating group) is 1. The number of nitrogens with one attached hydrogen (secondary N) is 1. The van der Waals surface area contributed by atoms with E-state index in [1.165, 1.54) is 51.6 Å². The van der Waals surface area contributed by atoms with Crippen LogP contribution in [0.4, 0.5) is 0 Å². The summed E-state index contributed by atoms with van der Waals surface area (Å²) in [6.45, 7) is 9.39. The zero-order chi connectivity index (χ0) is 11.9. The Labute approximate surface area is 102 Å². The van der Waals surface area contributed by atoms with Gasteiger partial charge >= 0.3 is 0 Å². The van der Waals surface area contributed by atoms with Gasteiger partial charge in [0.25, 0.3) is 0 Å². The molecule has 1 aliphatic rings. The van der Waals surface area contributed by atoms with E-state index in [9.17, 15) is 0 Å². The summed E-state index contributed by atoms with van der Waals surface area (Å²) >= 11 is 0. The molecule has 0 bridgehead atoms. The first kappa shape index (κ1) is 14.0. The quantitative estimate of drug-likeness (QED) is 0.640. The Balaban J connectivity index is 2.18. The predicted molar refractivity (Wildman–Crippen MR) is 71.8 cm³/mol. The monoisotopic (exact) mass is 226 g/mol. The maximum atomic E-state index is 3.48. The van der Waals surface area contributed by atoms with Crippen LogP contribution in [0.25, 0.3) is 0 Å². The van der Waals surface area contributed by atoms with Gasteiger partial charge in [-0.25, -0.2) is 0 Å². The third-order valence-electron chi connectivity index (χ3n) is 4.12. The summed E-state index contributed by atoms with van der Waals surface area (Å²) in [4.78, 5) is 2.53. The van der Waals surface area contributed by atoms with Gasteiger partial charge in [0.05, 0.1) is 0 Å². The fraction of sp³-hybridized carbons (Fsp3) is 1.00. The van der Waals surface area contributed by atoms with Crippen molar-refractivity contribution in [1.82, 2.24) is 10.2 Å². The van der Waals surface area contributed by atoms with E-state index in [4.69, 9.17) is 0 Å². The fourth-order valence-electron chi connectivity index (χ4n) is 2.97. The third kappa shape index (κ3) is 4.42. The van der Waals surface area contributed by atoms with Gasteiger partial charge in [0, 0.05) is 19.6 Å². The highest BCUT2D eigenvalue weighted by Gasteiger charge is 2.32. The van der Waals surface area contributed by atoms with E-state index in [-0.39, 0.29) is 0 Å². The van der Waals surface area contributed by atoms with Crippen molar-refractivity contribution >= 4 is 0 Å². The molecule has 1 aliphatic carbocycles. The minimum Gasteiger partial charge on any atom is -0.315 e. The predicted octanol–water partition coefficient (Wildman–Crippen LogP) is 2.89. The van der Waals surface area contributed by atoms with Crippen molar-refractivity contribution in [1.29, 1.82) is 0 Å². The van der Waals surface area contributed by atoms with Crippen LogP contribution in [0.15, 0.2) is 0 Å². The van der Waals surface area contributed by atoms with E-state index in [2.05, 4.69) is 31.1 Å². The van der Waals surface area contributed by atoms with E-state index < -0.39 is 0 Å².